The monoisotopic (exact) mass is 547 g/mol. The van der Waals surface area contributed by atoms with Crippen LogP contribution in [0.15, 0.2) is 76.0 Å². The van der Waals surface area contributed by atoms with E-state index in [0.717, 1.165) is 10.6 Å². The SMILES string of the molecule is CCOc1ccc(NC(=O)CSC2=Nc3ccccc3C3=NC(=O)C(CC(=O)NCc4cccs4)N23)cc1. The summed E-state index contributed by atoms with van der Waals surface area (Å²) in [6, 6.07) is 17.5. The molecule has 2 aliphatic rings. The van der Waals surface area contributed by atoms with Crippen LogP contribution < -0.4 is 15.4 Å². The Morgan fingerprint density at radius 2 is 1.87 bits per heavy atom. The van der Waals surface area contributed by atoms with Crippen molar-refractivity contribution in [1.82, 2.24) is 10.2 Å². The number of rotatable bonds is 9. The predicted octanol–water partition coefficient (Wildman–Crippen LogP) is 4.18. The normalized spacial score (nSPS) is 15.8. The largest absolute Gasteiger partial charge is 0.494 e. The lowest BCUT2D eigenvalue weighted by Crippen LogP contribution is -2.46. The first-order valence-electron chi connectivity index (χ1n) is 12.1. The minimum atomic E-state index is -0.831. The van der Waals surface area contributed by atoms with Gasteiger partial charge in [-0.15, -0.1) is 11.3 Å². The zero-order valence-corrected chi connectivity index (χ0v) is 22.2. The number of amidine groups is 2. The number of benzene rings is 2. The zero-order chi connectivity index (χ0) is 26.5. The highest BCUT2D eigenvalue weighted by molar-refractivity contribution is 8.14. The number of carbonyl (C=O) groups excluding carboxylic acids is 3. The van der Waals surface area contributed by atoms with E-state index in [1.807, 2.05) is 48.7 Å². The Morgan fingerprint density at radius 3 is 2.63 bits per heavy atom. The van der Waals surface area contributed by atoms with Gasteiger partial charge in [-0.2, -0.15) is 4.99 Å². The summed E-state index contributed by atoms with van der Waals surface area (Å²) in [7, 11) is 0. The van der Waals surface area contributed by atoms with Crippen molar-refractivity contribution in [1.29, 1.82) is 0 Å². The fraction of sp³-hybridized carbons (Fsp3) is 0.222. The molecule has 3 heterocycles. The number of hydrogen-bond acceptors (Lipinski definition) is 8. The van der Waals surface area contributed by atoms with Gasteiger partial charge in [0.25, 0.3) is 5.91 Å². The predicted molar refractivity (Wildman–Crippen MR) is 150 cm³/mol. The minimum Gasteiger partial charge on any atom is -0.494 e. The zero-order valence-electron chi connectivity index (χ0n) is 20.5. The van der Waals surface area contributed by atoms with Crippen LogP contribution in [0.1, 0.15) is 23.8 Å². The second-order valence-electron chi connectivity index (χ2n) is 8.43. The number of nitrogens with zero attached hydrogens (tertiary/aromatic N) is 3. The van der Waals surface area contributed by atoms with E-state index in [9.17, 15) is 14.4 Å². The molecular weight excluding hydrogens is 522 g/mol. The number of anilines is 1. The highest BCUT2D eigenvalue weighted by atomic mass is 32.2. The Morgan fingerprint density at radius 1 is 1.05 bits per heavy atom. The molecule has 2 aromatic carbocycles. The summed E-state index contributed by atoms with van der Waals surface area (Å²) < 4.78 is 5.44. The maximum atomic E-state index is 13.0. The van der Waals surface area contributed by atoms with Crippen molar-refractivity contribution in [2.45, 2.75) is 25.9 Å². The molecule has 0 saturated carbocycles. The van der Waals surface area contributed by atoms with E-state index in [1.165, 1.54) is 11.8 Å². The van der Waals surface area contributed by atoms with Crippen LogP contribution in [0.25, 0.3) is 0 Å². The third-order valence-electron chi connectivity index (χ3n) is 5.81. The molecule has 1 aromatic heterocycles. The Balaban J connectivity index is 1.29. The van der Waals surface area contributed by atoms with Gasteiger partial charge in [-0.05, 0) is 54.8 Å². The van der Waals surface area contributed by atoms with Gasteiger partial charge in [-0.25, -0.2) is 4.99 Å². The van der Waals surface area contributed by atoms with Crippen LogP contribution in [0.4, 0.5) is 11.4 Å². The molecule has 38 heavy (non-hydrogen) atoms. The summed E-state index contributed by atoms with van der Waals surface area (Å²) in [5.74, 6) is 0.343. The van der Waals surface area contributed by atoms with E-state index < -0.39 is 11.9 Å². The quantitative estimate of drug-likeness (QED) is 0.416. The number of thiophene rings is 1. The van der Waals surface area contributed by atoms with Crippen molar-refractivity contribution < 1.29 is 19.1 Å². The van der Waals surface area contributed by atoms with Gasteiger partial charge in [-0.3, -0.25) is 19.3 Å². The molecule has 1 atom stereocenters. The van der Waals surface area contributed by atoms with Crippen molar-refractivity contribution >= 4 is 63.2 Å². The second-order valence-corrected chi connectivity index (χ2v) is 10.4. The summed E-state index contributed by atoms with van der Waals surface area (Å²) in [6.45, 7) is 2.87. The first-order valence-corrected chi connectivity index (χ1v) is 13.9. The lowest BCUT2D eigenvalue weighted by molar-refractivity contribution is -0.126. The molecule has 2 aliphatic heterocycles. The lowest BCUT2D eigenvalue weighted by Gasteiger charge is -2.30. The summed E-state index contributed by atoms with van der Waals surface area (Å²) in [5.41, 5.74) is 2.02. The smallest absolute Gasteiger partial charge is 0.271 e. The van der Waals surface area contributed by atoms with Crippen LogP contribution in [-0.4, -0.2) is 52.0 Å². The van der Waals surface area contributed by atoms with E-state index in [4.69, 9.17) is 9.73 Å². The second kappa shape index (κ2) is 11.6. The van der Waals surface area contributed by atoms with E-state index in [0.29, 0.717) is 41.1 Å². The first kappa shape index (κ1) is 25.7. The van der Waals surface area contributed by atoms with Gasteiger partial charge >= 0.3 is 0 Å². The Labute approximate surface area is 228 Å². The Bertz CT molecular complexity index is 1400. The van der Waals surface area contributed by atoms with Crippen molar-refractivity contribution in [2.75, 3.05) is 17.7 Å². The first-order chi connectivity index (χ1) is 18.5. The summed E-state index contributed by atoms with van der Waals surface area (Å²) >= 11 is 2.75. The van der Waals surface area contributed by atoms with E-state index >= 15 is 0 Å². The van der Waals surface area contributed by atoms with Gasteiger partial charge in [0.05, 0.1) is 31.0 Å². The van der Waals surface area contributed by atoms with Gasteiger partial charge in [0.15, 0.2) is 5.17 Å². The Kier molecular flexibility index (Phi) is 7.85. The molecule has 0 spiro atoms. The molecule has 2 N–H and O–H groups in total. The third-order valence-corrected chi connectivity index (χ3v) is 7.64. The molecule has 1 unspecified atom stereocenters. The standard InChI is InChI=1S/C27H25N5O4S2/c1-2-36-18-11-9-17(10-12-18)29-24(34)16-38-27-30-21-8-4-3-7-20(21)25-31-26(35)22(32(25)27)14-23(33)28-15-19-6-5-13-37-19/h3-13,22H,2,14-16H2,1H3,(H,28,33)(H,29,34). The molecule has 0 radical (unpaired) electrons. The molecule has 5 rings (SSSR count). The van der Waals surface area contributed by atoms with Crippen molar-refractivity contribution in [2.24, 2.45) is 9.98 Å². The highest BCUT2D eigenvalue weighted by Crippen LogP contribution is 2.35. The van der Waals surface area contributed by atoms with Gasteiger partial charge < -0.3 is 15.4 Å². The lowest BCUT2D eigenvalue weighted by atomic mass is 10.1. The fourth-order valence-electron chi connectivity index (χ4n) is 4.08. The van der Waals surface area contributed by atoms with Gasteiger partial charge in [-0.1, -0.05) is 30.0 Å². The van der Waals surface area contributed by atoms with Crippen LogP contribution in [0.2, 0.25) is 0 Å². The number of thioether (sulfide) groups is 1. The van der Waals surface area contributed by atoms with Gasteiger partial charge in [0.1, 0.15) is 17.6 Å². The van der Waals surface area contributed by atoms with E-state index in [2.05, 4.69) is 15.6 Å². The molecule has 0 aliphatic carbocycles. The summed E-state index contributed by atoms with van der Waals surface area (Å²) in [6.07, 6.45) is -0.0721. The van der Waals surface area contributed by atoms with E-state index in [-0.39, 0.29) is 24.0 Å². The third kappa shape index (κ3) is 5.79. The summed E-state index contributed by atoms with van der Waals surface area (Å²) in [5, 5.41) is 8.13. The van der Waals surface area contributed by atoms with Gasteiger partial charge in [0.2, 0.25) is 11.8 Å². The number of hydrogen-bond donors (Lipinski definition) is 2. The van der Waals surface area contributed by atoms with Crippen molar-refractivity contribution in [3.8, 4) is 5.75 Å². The maximum absolute atomic E-state index is 13.0. The average molecular weight is 548 g/mol. The highest BCUT2D eigenvalue weighted by Gasteiger charge is 2.42. The molecule has 3 amide bonds. The van der Waals surface area contributed by atoms with Crippen LogP contribution in [0, 0.1) is 0 Å². The number of amides is 3. The Hall–Kier alpha value is -3.96. The maximum Gasteiger partial charge on any atom is 0.271 e. The molecule has 11 heteroatoms. The number of fused-ring (bicyclic) bond motifs is 3. The van der Waals surface area contributed by atoms with Crippen molar-refractivity contribution in [3.63, 3.8) is 0 Å². The number of nitrogens with one attached hydrogen (secondary N) is 2. The average Bonchev–Trinajstić information content (AvgIpc) is 3.56. The summed E-state index contributed by atoms with van der Waals surface area (Å²) in [4.78, 5) is 50.1. The number of ether oxygens (including phenoxy) is 1. The van der Waals surface area contributed by atoms with Crippen LogP contribution in [0.3, 0.4) is 0 Å². The minimum absolute atomic E-state index is 0.0590. The fourth-order valence-corrected chi connectivity index (χ4v) is 5.57. The molecule has 0 fully saturated rings. The molecule has 0 saturated heterocycles. The number of para-hydroxylation sites is 1. The molecule has 0 bridgehead atoms. The number of aliphatic imine (C=N–C) groups is 2. The number of carbonyl (C=O) groups is 3. The molecule has 3 aromatic rings. The van der Waals surface area contributed by atoms with Crippen LogP contribution in [0.5, 0.6) is 5.75 Å². The molecule has 194 valence electrons. The molecular formula is C27H25N5O4S2. The molecule has 9 nitrogen and oxygen atoms in total. The topological polar surface area (TPSA) is 112 Å². The van der Waals surface area contributed by atoms with Crippen LogP contribution >= 0.6 is 23.1 Å². The van der Waals surface area contributed by atoms with E-state index in [1.54, 1.807) is 40.5 Å². The van der Waals surface area contributed by atoms with Gasteiger partial charge in [0, 0.05) is 16.1 Å². The van der Waals surface area contributed by atoms with Crippen LogP contribution in [-0.2, 0) is 20.9 Å². The van der Waals surface area contributed by atoms with Crippen molar-refractivity contribution in [3.05, 3.63) is 76.5 Å².